The van der Waals surface area contributed by atoms with Crippen molar-refractivity contribution in [2.24, 2.45) is 0 Å². The Morgan fingerprint density at radius 1 is 1.29 bits per heavy atom. The van der Waals surface area contributed by atoms with Crippen LogP contribution in [0.5, 0.6) is 0 Å². The Morgan fingerprint density at radius 3 is 2.64 bits per heavy atom. The minimum atomic E-state index is -0.779. The van der Waals surface area contributed by atoms with E-state index < -0.39 is 11.9 Å². The molecule has 5 nitrogen and oxygen atoms in total. The van der Waals surface area contributed by atoms with E-state index in [-0.39, 0.29) is 0 Å². The maximum absolute atomic E-state index is 10.9. The summed E-state index contributed by atoms with van der Waals surface area (Å²) in [5, 5.41) is 17.0. The summed E-state index contributed by atoms with van der Waals surface area (Å²) in [6.45, 7) is 0.769. The summed E-state index contributed by atoms with van der Waals surface area (Å²) in [4.78, 5) is 10.9. The van der Waals surface area contributed by atoms with Gasteiger partial charge in [0.2, 0.25) is 0 Å². The van der Waals surface area contributed by atoms with Gasteiger partial charge >= 0.3 is 5.97 Å². The standard InChI is InChI=1S/C9H11N3O2/c13-9(14)6-3-4-12-7(5-1-2-5)10-11-8(6)12/h5-6H,1-4H2,(H,13,14). The van der Waals surface area contributed by atoms with Crippen LogP contribution in [0, 0.1) is 0 Å². The highest BCUT2D eigenvalue weighted by Crippen LogP contribution is 2.41. The SMILES string of the molecule is O=C(O)C1CCn2c(C3CC3)nnc21. The molecule has 1 aromatic rings. The van der Waals surface area contributed by atoms with E-state index in [0.29, 0.717) is 18.2 Å². The van der Waals surface area contributed by atoms with Crippen LogP contribution in [0.3, 0.4) is 0 Å². The topological polar surface area (TPSA) is 68.0 Å². The summed E-state index contributed by atoms with van der Waals surface area (Å²) in [5.41, 5.74) is 0. The van der Waals surface area contributed by atoms with Crippen LogP contribution in [0.2, 0.25) is 0 Å². The lowest BCUT2D eigenvalue weighted by Gasteiger charge is -1.99. The second-order valence-electron chi connectivity index (χ2n) is 4.02. The molecule has 5 heteroatoms. The number of carbonyl (C=O) groups is 1. The van der Waals surface area contributed by atoms with Crippen molar-refractivity contribution in [1.29, 1.82) is 0 Å². The minimum absolute atomic E-state index is 0.435. The highest BCUT2D eigenvalue weighted by molar-refractivity contribution is 5.75. The number of fused-ring (bicyclic) bond motifs is 1. The Labute approximate surface area is 80.8 Å². The third-order valence-corrected chi connectivity index (χ3v) is 3.00. The molecule has 1 aliphatic heterocycles. The van der Waals surface area contributed by atoms with Crippen molar-refractivity contribution in [2.75, 3.05) is 0 Å². The summed E-state index contributed by atoms with van der Waals surface area (Å²) >= 11 is 0. The van der Waals surface area contributed by atoms with E-state index in [1.165, 1.54) is 12.8 Å². The first-order valence-electron chi connectivity index (χ1n) is 4.93. The molecule has 74 valence electrons. The van der Waals surface area contributed by atoms with Crippen molar-refractivity contribution < 1.29 is 9.90 Å². The monoisotopic (exact) mass is 193 g/mol. The molecule has 1 aliphatic carbocycles. The highest BCUT2D eigenvalue weighted by atomic mass is 16.4. The second-order valence-corrected chi connectivity index (χ2v) is 4.02. The Balaban J connectivity index is 2.00. The molecule has 2 heterocycles. The van der Waals surface area contributed by atoms with Crippen LogP contribution in [-0.4, -0.2) is 25.8 Å². The first-order valence-corrected chi connectivity index (χ1v) is 4.93. The smallest absolute Gasteiger partial charge is 0.314 e. The van der Waals surface area contributed by atoms with Gasteiger partial charge in [0.1, 0.15) is 17.6 Å². The molecule has 1 saturated carbocycles. The number of aliphatic carboxylic acids is 1. The summed E-state index contributed by atoms with van der Waals surface area (Å²) in [6, 6.07) is 0. The Kier molecular flexibility index (Phi) is 1.45. The molecular formula is C9H11N3O2. The van der Waals surface area contributed by atoms with Crippen molar-refractivity contribution in [3.05, 3.63) is 11.6 Å². The number of hydrogen-bond acceptors (Lipinski definition) is 3. The Morgan fingerprint density at radius 2 is 2.00 bits per heavy atom. The highest BCUT2D eigenvalue weighted by Gasteiger charge is 2.37. The molecule has 0 amide bonds. The molecule has 2 aliphatic rings. The fraction of sp³-hybridized carbons (Fsp3) is 0.667. The first kappa shape index (κ1) is 7.96. The van der Waals surface area contributed by atoms with E-state index in [9.17, 15) is 4.79 Å². The van der Waals surface area contributed by atoms with Crippen LogP contribution in [-0.2, 0) is 11.3 Å². The molecule has 1 aromatic heterocycles. The Hall–Kier alpha value is -1.39. The minimum Gasteiger partial charge on any atom is -0.481 e. The molecule has 1 N–H and O–H groups in total. The second kappa shape index (κ2) is 2.56. The molecular weight excluding hydrogens is 182 g/mol. The molecule has 0 saturated heterocycles. The molecule has 0 bridgehead atoms. The van der Waals surface area contributed by atoms with Gasteiger partial charge in [-0.3, -0.25) is 4.79 Å². The number of carboxylic acid groups (broad SMARTS) is 1. The van der Waals surface area contributed by atoms with Gasteiger partial charge in [0, 0.05) is 12.5 Å². The predicted molar refractivity (Wildman–Crippen MR) is 47.0 cm³/mol. The quantitative estimate of drug-likeness (QED) is 0.751. The van der Waals surface area contributed by atoms with Crippen LogP contribution >= 0.6 is 0 Å². The lowest BCUT2D eigenvalue weighted by atomic mass is 10.1. The average Bonchev–Trinajstić information content (AvgIpc) is 2.77. The van der Waals surface area contributed by atoms with Crippen LogP contribution in [0.25, 0.3) is 0 Å². The molecule has 1 fully saturated rings. The van der Waals surface area contributed by atoms with Crippen LogP contribution < -0.4 is 0 Å². The predicted octanol–water partition coefficient (Wildman–Crippen LogP) is 0.727. The third-order valence-electron chi connectivity index (χ3n) is 3.00. The summed E-state index contributed by atoms with van der Waals surface area (Å²) in [7, 11) is 0. The van der Waals surface area contributed by atoms with Gasteiger partial charge in [0.05, 0.1) is 0 Å². The molecule has 1 atom stereocenters. The van der Waals surface area contributed by atoms with Crippen molar-refractivity contribution in [1.82, 2.24) is 14.8 Å². The largest absolute Gasteiger partial charge is 0.481 e. The third kappa shape index (κ3) is 0.981. The van der Waals surface area contributed by atoms with Crippen LogP contribution in [0.15, 0.2) is 0 Å². The number of nitrogens with zero attached hydrogens (tertiary/aromatic N) is 3. The molecule has 0 aromatic carbocycles. The van der Waals surface area contributed by atoms with Gasteiger partial charge in [-0.25, -0.2) is 0 Å². The number of rotatable bonds is 2. The zero-order chi connectivity index (χ0) is 9.71. The molecule has 1 unspecified atom stereocenters. The normalized spacial score (nSPS) is 25.0. The lowest BCUT2D eigenvalue weighted by molar-refractivity contribution is -0.138. The van der Waals surface area contributed by atoms with Gasteiger partial charge in [0.15, 0.2) is 0 Å². The maximum atomic E-state index is 10.9. The van der Waals surface area contributed by atoms with Crippen molar-refractivity contribution >= 4 is 5.97 Å². The summed E-state index contributed by atoms with van der Waals surface area (Å²) in [5.74, 6) is 0.987. The summed E-state index contributed by atoms with van der Waals surface area (Å²) in [6.07, 6.45) is 3.02. The van der Waals surface area contributed by atoms with E-state index in [0.717, 1.165) is 12.4 Å². The first-order chi connectivity index (χ1) is 6.77. The van der Waals surface area contributed by atoms with Gasteiger partial charge in [-0.2, -0.15) is 0 Å². The molecule has 14 heavy (non-hydrogen) atoms. The Bertz CT molecular complexity index is 395. The van der Waals surface area contributed by atoms with Gasteiger partial charge < -0.3 is 9.67 Å². The van der Waals surface area contributed by atoms with Crippen molar-refractivity contribution in [3.8, 4) is 0 Å². The van der Waals surface area contributed by atoms with Gasteiger partial charge in [-0.05, 0) is 19.3 Å². The van der Waals surface area contributed by atoms with E-state index in [2.05, 4.69) is 10.2 Å². The number of carboxylic acids is 1. The zero-order valence-electron chi connectivity index (χ0n) is 7.68. The molecule has 3 rings (SSSR count). The molecule has 0 radical (unpaired) electrons. The number of hydrogen-bond donors (Lipinski definition) is 1. The van der Waals surface area contributed by atoms with E-state index in [1.54, 1.807) is 0 Å². The van der Waals surface area contributed by atoms with Gasteiger partial charge in [0.25, 0.3) is 0 Å². The van der Waals surface area contributed by atoms with Crippen molar-refractivity contribution in [2.45, 2.75) is 37.6 Å². The van der Waals surface area contributed by atoms with Crippen LogP contribution in [0.4, 0.5) is 0 Å². The number of aromatic nitrogens is 3. The fourth-order valence-corrected chi connectivity index (χ4v) is 2.08. The van der Waals surface area contributed by atoms with E-state index in [4.69, 9.17) is 5.11 Å². The zero-order valence-corrected chi connectivity index (χ0v) is 7.68. The van der Waals surface area contributed by atoms with E-state index in [1.807, 2.05) is 4.57 Å². The lowest BCUT2D eigenvalue weighted by Crippen LogP contribution is -2.09. The molecule has 0 spiro atoms. The van der Waals surface area contributed by atoms with E-state index >= 15 is 0 Å². The maximum Gasteiger partial charge on any atom is 0.314 e. The average molecular weight is 193 g/mol. The fourth-order valence-electron chi connectivity index (χ4n) is 2.08. The summed E-state index contributed by atoms with van der Waals surface area (Å²) < 4.78 is 2.00. The van der Waals surface area contributed by atoms with Gasteiger partial charge in [-0.15, -0.1) is 10.2 Å². The van der Waals surface area contributed by atoms with Gasteiger partial charge in [-0.1, -0.05) is 0 Å². The van der Waals surface area contributed by atoms with Crippen LogP contribution in [0.1, 0.15) is 42.7 Å². The van der Waals surface area contributed by atoms with Crippen molar-refractivity contribution in [3.63, 3.8) is 0 Å².